The van der Waals surface area contributed by atoms with E-state index >= 15 is 0 Å². The van der Waals surface area contributed by atoms with Gasteiger partial charge in [-0.3, -0.25) is 4.79 Å². The van der Waals surface area contributed by atoms with E-state index in [4.69, 9.17) is 5.73 Å². The van der Waals surface area contributed by atoms with Crippen molar-refractivity contribution in [2.24, 2.45) is 5.73 Å². The number of hydrogen-bond donors (Lipinski definition) is 3. The Balaban J connectivity index is 3.76. The number of nitrogens with two attached hydrogens (primary N) is 1. The van der Waals surface area contributed by atoms with Gasteiger partial charge in [-0.1, -0.05) is 13.8 Å². The van der Waals surface area contributed by atoms with Crippen LogP contribution >= 0.6 is 0 Å². The van der Waals surface area contributed by atoms with E-state index < -0.39 is 0 Å². The smallest absolute Gasteiger partial charge is 0.221 e. The first-order valence-corrected chi connectivity index (χ1v) is 4.83. The first kappa shape index (κ1) is 12.4. The molecular weight excluding hydrogens is 166 g/mol. The highest BCUT2D eigenvalue weighted by Gasteiger charge is 2.11. The van der Waals surface area contributed by atoms with Crippen molar-refractivity contribution in [2.75, 3.05) is 13.1 Å². The Morgan fingerprint density at radius 3 is 2.46 bits per heavy atom. The van der Waals surface area contributed by atoms with Gasteiger partial charge in [-0.2, -0.15) is 0 Å². The summed E-state index contributed by atoms with van der Waals surface area (Å²) in [5.74, 6) is 0.0612. The van der Waals surface area contributed by atoms with Crippen LogP contribution in [0.15, 0.2) is 0 Å². The van der Waals surface area contributed by atoms with Crippen LogP contribution in [0.5, 0.6) is 0 Å². The van der Waals surface area contributed by atoms with E-state index in [1.165, 1.54) is 0 Å². The van der Waals surface area contributed by atoms with Crippen LogP contribution in [0.1, 0.15) is 27.2 Å². The van der Waals surface area contributed by atoms with Crippen LogP contribution in [0, 0.1) is 0 Å². The predicted molar refractivity (Wildman–Crippen MR) is 54.4 cm³/mol. The van der Waals surface area contributed by atoms with Gasteiger partial charge in [-0.25, -0.2) is 0 Å². The summed E-state index contributed by atoms with van der Waals surface area (Å²) in [6, 6.07) is 0.453. The molecule has 0 spiro atoms. The molecule has 4 heteroatoms. The van der Waals surface area contributed by atoms with Crippen LogP contribution in [0.3, 0.4) is 0 Å². The number of nitrogens with one attached hydrogen (secondary N) is 2. The third-order valence-electron chi connectivity index (χ3n) is 1.66. The molecule has 0 aromatic rings. The fourth-order valence-electron chi connectivity index (χ4n) is 1.17. The maximum atomic E-state index is 11.2. The zero-order valence-corrected chi connectivity index (χ0v) is 8.76. The lowest BCUT2D eigenvalue weighted by molar-refractivity contribution is -0.121. The van der Waals surface area contributed by atoms with Crippen LogP contribution < -0.4 is 16.4 Å². The Kier molecular flexibility index (Phi) is 6.54. The van der Waals surface area contributed by atoms with Crippen LogP contribution in [0.4, 0.5) is 0 Å². The van der Waals surface area contributed by atoms with Gasteiger partial charge in [0.25, 0.3) is 0 Å². The summed E-state index contributed by atoms with van der Waals surface area (Å²) in [6.45, 7) is 7.17. The number of carbonyl (C=O) groups is 1. The minimum absolute atomic E-state index is 0.0612. The van der Waals surface area contributed by atoms with E-state index in [1.807, 2.05) is 20.8 Å². The molecular formula is C9H21N3O. The van der Waals surface area contributed by atoms with Crippen molar-refractivity contribution in [3.63, 3.8) is 0 Å². The first-order valence-electron chi connectivity index (χ1n) is 4.83. The van der Waals surface area contributed by atoms with Crippen molar-refractivity contribution < 1.29 is 4.79 Å². The summed E-state index contributed by atoms with van der Waals surface area (Å²) in [4.78, 5) is 11.2. The maximum Gasteiger partial charge on any atom is 0.221 e. The molecule has 4 nitrogen and oxygen atoms in total. The molecule has 1 amide bonds. The monoisotopic (exact) mass is 187 g/mol. The van der Waals surface area contributed by atoms with E-state index in [0.29, 0.717) is 25.6 Å². The van der Waals surface area contributed by atoms with Gasteiger partial charge in [0.1, 0.15) is 0 Å². The van der Waals surface area contributed by atoms with E-state index in [0.717, 1.165) is 0 Å². The standard InChI is InChI=1S/C9H21N3O/c1-4-11-9(13)5-8(6-10)12-7(2)3/h7-8,12H,4-6,10H2,1-3H3,(H,11,13). The Morgan fingerprint density at radius 1 is 1.46 bits per heavy atom. The Labute approximate surface area is 80.3 Å². The number of rotatable bonds is 6. The van der Waals surface area contributed by atoms with Gasteiger partial charge in [0, 0.05) is 31.6 Å². The van der Waals surface area contributed by atoms with Gasteiger partial charge >= 0.3 is 0 Å². The summed E-state index contributed by atoms with van der Waals surface area (Å²) >= 11 is 0. The lowest BCUT2D eigenvalue weighted by atomic mass is 10.2. The average Bonchev–Trinajstić information content (AvgIpc) is 2.02. The van der Waals surface area contributed by atoms with Crippen molar-refractivity contribution in [1.29, 1.82) is 0 Å². The molecule has 0 aromatic heterocycles. The molecule has 0 aliphatic rings. The quantitative estimate of drug-likeness (QED) is 0.541. The highest BCUT2D eigenvalue weighted by molar-refractivity contribution is 5.76. The Bertz CT molecular complexity index is 148. The van der Waals surface area contributed by atoms with Crippen molar-refractivity contribution >= 4 is 5.91 Å². The first-order chi connectivity index (χ1) is 6.10. The van der Waals surface area contributed by atoms with Gasteiger partial charge in [0.2, 0.25) is 5.91 Å². The fourth-order valence-corrected chi connectivity index (χ4v) is 1.17. The number of amides is 1. The summed E-state index contributed by atoms with van der Waals surface area (Å²) in [6.07, 6.45) is 0.461. The third-order valence-corrected chi connectivity index (χ3v) is 1.66. The Morgan fingerprint density at radius 2 is 2.08 bits per heavy atom. The van der Waals surface area contributed by atoms with Crippen molar-refractivity contribution in [1.82, 2.24) is 10.6 Å². The van der Waals surface area contributed by atoms with Crippen molar-refractivity contribution in [2.45, 2.75) is 39.3 Å². The Hall–Kier alpha value is -0.610. The minimum atomic E-state index is 0.0612. The minimum Gasteiger partial charge on any atom is -0.356 e. The molecule has 0 aliphatic carbocycles. The lowest BCUT2D eigenvalue weighted by Crippen LogP contribution is -2.43. The zero-order valence-electron chi connectivity index (χ0n) is 8.76. The van der Waals surface area contributed by atoms with Crippen LogP contribution in [-0.4, -0.2) is 31.1 Å². The van der Waals surface area contributed by atoms with E-state index in [2.05, 4.69) is 10.6 Å². The molecule has 0 radical (unpaired) electrons. The topological polar surface area (TPSA) is 67.2 Å². The SMILES string of the molecule is CCNC(=O)CC(CN)NC(C)C. The van der Waals surface area contributed by atoms with Gasteiger partial charge in [0.05, 0.1) is 0 Å². The second-order valence-electron chi connectivity index (χ2n) is 3.41. The van der Waals surface area contributed by atoms with Gasteiger partial charge < -0.3 is 16.4 Å². The number of carbonyl (C=O) groups excluding carboxylic acids is 1. The highest BCUT2D eigenvalue weighted by Crippen LogP contribution is 1.92. The molecule has 0 bridgehead atoms. The highest BCUT2D eigenvalue weighted by atomic mass is 16.1. The van der Waals surface area contributed by atoms with E-state index in [-0.39, 0.29) is 11.9 Å². The van der Waals surface area contributed by atoms with Crippen LogP contribution in [0.2, 0.25) is 0 Å². The largest absolute Gasteiger partial charge is 0.356 e. The molecule has 13 heavy (non-hydrogen) atoms. The average molecular weight is 187 g/mol. The molecule has 0 saturated carbocycles. The molecule has 78 valence electrons. The molecule has 1 unspecified atom stereocenters. The van der Waals surface area contributed by atoms with Crippen LogP contribution in [-0.2, 0) is 4.79 Å². The lowest BCUT2D eigenvalue weighted by Gasteiger charge is -2.18. The molecule has 0 fully saturated rings. The molecule has 4 N–H and O–H groups in total. The van der Waals surface area contributed by atoms with Crippen LogP contribution in [0.25, 0.3) is 0 Å². The predicted octanol–water partition coefficient (Wildman–Crippen LogP) is -0.162. The summed E-state index contributed by atoms with van der Waals surface area (Å²) in [5, 5.41) is 5.98. The van der Waals surface area contributed by atoms with Crippen molar-refractivity contribution in [3.05, 3.63) is 0 Å². The van der Waals surface area contributed by atoms with E-state index in [9.17, 15) is 4.79 Å². The third kappa shape index (κ3) is 6.54. The maximum absolute atomic E-state index is 11.2. The van der Waals surface area contributed by atoms with Crippen molar-refractivity contribution in [3.8, 4) is 0 Å². The summed E-state index contributed by atoms with van der Waals surface area (Å²) < 4.78 is 0. The molecule has 0 rings (SSSR count). The summed E-state index contributed by atoms with van der Waals surface area (Å²) in [7, 11) is 0. The second kappa shape index (κ2) is 6.86. The molecule has 0 aliphatic heterocycles. The number of hydrogen-bond acceptors (Lipinski definition) is 3. The van der Waals surface area contributed by atoms with Gasteiger partial charge in [-0.15, -0.1) is 0 Å². The van der Waals surface area contributed by atoms with Gasteiger partial charge in [0.15, 0.2) is 0 Å². The molecule has 0 aromatic carbocycles. The molecule has 0 saturated heterocycles. The zero-order chi connectivity index (χ0) is 10.3. The van der Waals surface area contributed by atoms with E-state index in [1.54, 1.807) is 0 Å². The normalized spacial score (nSPS) is 13.0. The summed E-state index contributed by atoms with van der Waals surface area (Å²) in [5.41, 5.74) is 5.52. The molecule has 1 atom stereocenters. The second-order valence-corrected chi connectivity index (χ2v) is 3.41. The van der Waals surface area contributed by atoms with Gasteiger partial charge in [-0.05, 0) is 6.92 Å². The fraction of sp³-hybridized carbons (Fsp3) is 0.889. The molecule has 0 heterocycles.